The van der Waals surface area contributed by atoms with Gasteiger partial charge in [0.05, 0.1) is 0 Å². The molecule has 0 spiro atoms. The minimum absolute atomic E-state index is 0.147. The molecule has 5 heteroatoms. The number of benzene rings is 1. The Labute approximate surface area is 125 Å². The summed E-state index contributed by atoms with van der Waals surface area (Å²) in [5.74, 6) is 0.144. The Balaban J connectivity index is 1.82. The van der Waals surface area contributed by atoms with Gasteiger partial charge in [-0.1, -0.05) is 36.8 Å². The van der Waals surface area contributed by atoms with E-state index in [2.05, 4.69) is 17.3 Å². The molecule has 1 aromatic heterocycles. The molecule has 0 fully saturated rings. The van der Waals surface area contributed by atoms with E-state index in [1.165, 1.54) is 0 Å². The van der Waals surface area contributed by atoms with Gasteiger partial charge in [0.25, 0.3) is 0 Å². The Morgan fingerprint density at radius 1 is 1.38 bits per heavy atom. The highest BCUT2D eigenvalue weighted by Crippen LogP contribution is 2.11. The monoisotopic (exact) mass is 286 g/mol. The van der Waals surface area contributed by atoms with Crippen LogP contribution >= 0.6 is 0 Å². The van der Waals surface area contributed by atoms with E-state index in [1.807, 2.05) is 48.1 Å². The fourth-order valence-electron chi connectivity index (χ4n) is 2.10. The van der Waals surface area contributed by atoms with Gasteiger partial charge >= 0.3 is 0 Å². The zero-order valence-electron chi connectivity index (χ0n) is 12.5. The molecule has 2 rings (SSSR count). The van der Waals surface area contributed by atoms with Gasteiger partial charge in [-0.15, -0.1) is 0 Å². The van der Waals surface area contributed by atoms with Crippen LogP contribution in [0.4, 0.5) is 0 Å². The number of carbonyl (C=O) groups excluding carboxylic acids is 1. The van der Waals surface area contributed by atoms with Gasteiger partial charge in [0, 0.05) is 25.5 Å². The highest BCUT2D eigenvalue weighted by molar-refractivity contribution is 5.82. The fraction of sp³-hybridized carbons (Fsp3) is 0.375. The molecule has 0 aliphatic rings. The Morgan fingerprint density at radius 2 is 2.10 bits per heavy atom. The summed E-state index contributed by atoms with van der Waals surface area (Å²) in [5.41, 5.74) is 7.96. The Bertz CT molecular complexity index is 562. The summed E-state index contributed by atoms with van der Waals surface area (Å²) in [6, 6.07) is 8.98. The lowest BCUT2D eigenvalue weighted by Gasteiger charge is -2.16. The van der Waals surface area contributed by atoms with Crippen molar-refractivity contribution in [1.82, 2.24) is 15.1 Å². The Kier molecular flexibility index (Phi) is 5.11. The molecule has 0 bridgehead atoms. The summed E-state index contributed by atoms with van der Waals surface area (Å²) in [5, 5.41) is 7.06. The van der Waals surface area contributed by atoms with Crippen LogP contribution in [0.25, 0.3) is 0 Å². The van der Waals surface area contributed by atoms with Gasteiger partial charge in [-0.2, -0.15) is 5.10 Å². The van der Waals surface area contributed by atoms with Crippen molar-refractivity contribution in [3.8, 4) is 0 Å². The third-order valence-corrected chi connectivity index (χ3v) is 3.40. The van der Waals surface area contributed by atoms with Crippen molar-refractivity contribution in [2.75, 3.05) is 6.54 Å². The van der Waals surface area contributed by atoms with Crippen LogP contribution in [-0.2, 0) is 11.3 Å². The number of carbonyl (C=O) groups is 1. The van der Waals surface area contributed by atoms with E-state index in [-0.39, 0.29) is 5.91 Å². The zero-order chi connectivity index (χ0) is 15.2. The second kappa shape index (κ2) is 7.04. The average Bonchev–Trinajstić information content (AvgIpc) is 2.97. The zero-order valence-corrected chi connectivity index (χ0v) is 12.5. The quantitative estimate of drug-likeness (QED) is 0.848. The third kappa shape index (κ3) is 4.43. The largest absolute Gasteiger partial charge is 0.354 e. The van der Waals surface area contributed by atoms with Gasteiger partial charge in [0.1, 0.15) is 6.04 Å². The average molecular weight is 286 g/mol. The van der Waals surface area contributed by atoms with Crippen molar-refractivity contribution >= 4 is 5.91 Å². The summed E-state index contributed by atoms with van der Waals surface area (Å²) < 4.78 is 1.86. The number of nitrogens with zero attached hydrogens (tertiary/aromatic N) is 2. The van der Waals surface area contributed by atoms with Gasteiger partial charge in [0.2, 0.25) is 5.91 Å². The van der Waals surface area contributed by atoms with Crippen LogP contribution in [0.2, 0.25) is 0 Å². The molecule has 5 nitrogen and oxygen atoms in total. The molecule has 0 aliphatic carbocycles. The van der Waals surface area contributed by atoms with E-state index in [0.29, 0.717) is 12.5 Å². The highest BCUT2D eigenvalue weighted by Gasteiger charge is 2.16. The maximum absolute atomic E-state index is 12.1. The Hall–Kier alpha value is -2.14. The molecular formula is C16H22N4O. The van der Waals surface area contributed by atoms with E-state index in [9.17, 15) is 4.79 Å². The molecule has 2 atom stereocenters. The number of hydrogen-bond acceptors (Lipinski definition) is 3. The first-order valence-electron chi connectivity index (χ1n) is 7.13. The normalized spacial score (nSPS) is 13.7. The fourth-order valence-corrected chi connectivity index (χ4v) is 2.10. The molecule has 1 aromatic carbocycles. The molecular weight excluding hydrogens is 264 g/mol. The molecule has 0 aliphatic heterocycles. The summed E-state index contributed by atoms with van der Waals surface area (Å²) in [6.07, 6.45) is 3.66. The van der Waals surface area contributed by atoms with Crippen LogP contribution in [0.3, 0.4) is 0 Å². The van der Waals surface area contributed by atoms with Crippen LogP contribution in [-0.4, -0.2) is 22.2 Å². The first kappa shape index (κ1) is 15.3. The number of nitrogens with two attached hydrogens (primary N) is 1. The summed E-state index contributed by atoms with van der Waals surface area (Å²) >= 11 is 0. The molecule has 2 unspecified atom stereocenters. The number of hydrogen-bond donors (Lipinski definition) is 2. The molecule has 0 saturated heterocycles. The van der Waals surface area contributed by atoms with Crippen LogP contribution in [0.1, 0.15) is 24.1 Å². The first-order valence-corrected chi connectivity index (χ1v) is 7.13. The van der Waals surface area contributed by atoms with Crippen molar-refractivity contribution in [1.29, 1.82) is 0 Å². The van der Waals surface area contributed by atoms with Crippen molar-refractivity contribution in [3.05, 3.63) is 53.9 Å². The first-order chi connectivity index (χ1) is 10.1. The highest BCUT2D eigenvalue weighted by atomic mass is 16.2. The molecule has 2 aromatic rings. The van der Waals surface area contributed by atoms with Crippen molar-refractivity contribution < 1.29 is 4.79 Å². The van der Waals surface area contributed by atoms with Gasteiger partial charge in [-0.25, -0.2) is 0 Å². The van der Waals surface area contributed by atoms with Crippen LogP contribution in [0, 0.1) is 12.8 Å². The lowest BCUT2D eigenvalue weighted by atomic mass is 10.0. The lowest BCUT2D eigenvalue weighted by Crippen LogP contribution is -2.37. The number of nitrogens with one attached hydrogen (secondary N) is 1. The summed E-state index contributed by atoms with van der Waals surface area (Å²) in [7, 11) is 0. The summed E-state index contributed by atoms with van der Waals surface area (Å²) in [4.78, 5) is 12.1. The number of amides is 1. The standard InChI is InChI=1S/C16H22N4O/c1-12-4-6-14(7-5-12)15(17)16(21)18-10-13(2)11-20-9-3-8-19-20/h3-9,13,15H,10-11,17H2,1-2H3,(H,18,21). The predicted molar refractivity (Wildman–Crippen MR) is 82.5 cm³/mol. The molecule has 112 valence electrons. The van der Waals surface area contributed by atoms with E-state index in [4.69, 9.17) is 5.73 Å². The second-order valence-corrected chi connectivity index (χ2v) is 5.47. The SMILES string of the molecule is Cc1ccc(C(N)C(=O)NCC(C)Cn2cccn2)cc1. The third-order valence-electron chi connectivity index (χ3n) is 3.40. The number of aromatic nitrogens is 2. The molecule has 0 radical (unpaired) electrons. The molecule has 21 heavy (non-hydrogen) atoms. The maximum atomic E-state index is 12.1. The van der Waals surface area contributed by atoms with E-state index in [1.54, 1.807) is 6.20 Å². The van der Waals surface area contributed by atoms with Crippen LogP contribution in [0.15, 0.2) is 42.7 Å². The summed E-state index contributed by atoms with van der Waals surface area (Å²) in [6.45, 7) is 5.43. The van der Waals surface area contributed by atoms with E-state index in [0.717, 1.165) is 17.7 Å². The maximum Gasteiger partial charge on any atom is 0.241 e. The molecule has 0 saturated carbocycles. The van der Waals surface area contributed by atoms with Crippen LogP contribution in [0.5, 0.6) is 0 Å². The smallest absolute Gasteiger partial charge is 0.241 e. The molecule has 1 amide bonds. The van der Waals surface area contributed by atoms with Gasteiger partial charge in [0.15, 0.2) is 0 Å². The second-order valence-electron chi connectivity index (χ2n) is 5.47. The number of aryl methyl sites for hydroxylation is 1. The van der Waals surface area contributed by atoms with Gasteiger partial charge in [-0.3, -0.25) is 9.48 Å². The topological polar surface area (TPSA) is 72.9 Å². The predicted octanol–water partition coefficient (Wildman–Crippen LogP) is 1.64. The van der Waals surface area contributed by atoms with Gasteiger partial charge < -0.3 is 11.1 Å². The van der Waals surface area contributed by atoms with E-state index < -0.39 is 6.04 Å². The van der Waals surface area contributed by atoms with Crippen LogP contribution < -0.4 is 11.1 Å². The van der Waals surface area contributed by atoms with E-state index >= 15 is 0 Å². The minimum Gasteiger partial charge on any atom is -0.354 e. The van der Waals surface area contributed by atoms with Crippen molar-refractivity contribution in [3.63, 3.8) is 0 Å². The molecule has 1 heterocycles. The molecule has 3 N–H and O–H groups in total. The number of rotatable bonds is 6. The Morgan fingerprint density at radius 3 is 2.71 bits per heavy atom. The lowest BCUT2D eigenvalue weighted by molar-refractivity contribution is -0.122. The van der Waals surface area contributed by atoms with Crippen molar-refractivity contribution in [2.45, 2.75) is 26.4 Å². The van der Waals surface area contributed by atoms with Crippen molar-refractivity contribution in [2.24, 2.45) is 11.7 Å². The van der Waals surface area contributed by atoms with Gasteiger partial charge in [-0.05, 0) is 24.5 Å². The minimum atomic E-state index is -0.623.